The van der Waals surface area contributed by atoms with Crippen LogP contribution in [0.2, 0.25) is 0 Å². The van der Waals surface area contributed by atoms with E-state index in [4.69, 9.17) is 4.42 Å². The van der Waals surface area contributed by atoms with E-state index in [9.17, 15) is 4.79 Å². The maximum absolute atomic E-state index is 11.2. The summed E-state index contributed by atoms with van der Waals surface area (Å²) in [5, 5.41) is 4.19. The van der Waals surface area contributed by atoms with Crippen LogP contribution in [0.5, 0.6) is 0 Å². The Kier molecular flexibility index (Phi) is 2.82. The number of benzene rings is 1. The van der Waals surface area contributed by atoms with Crippen molar-refractivity contribution in [3.05, 3.63) is 36.1 Å². The fraction of sp³-hybridized carbons (Fsp3) is 0.400. The number of hydrogen-bond donors (Lipinski definition) is 1. The van der Waals surface area contributed by atoms with Crippen molar-refractivity contribution < 1.29 is 9.21 Å². The van der Waals surface area contributed by atoms with Gasteiger partial charge in [0.25, 0.3) is 0 Å². The second-order valence-electron chi connectivity index (χ2n) is 4.94. The van der Waals surface area contributed by atoms with Crippen LogP contribution < -0.4 is 5.32 Å². The molecule has 1 heterocycles. The van der Waals surface area contributed by atoms with Gasteiger partial charge in [-0.1, -0.05) is 19.1 Å². The van der Waals surface area contributed by atoms with E-state index >= 15 is 0 Å². The molecule has 0 saturated heterocycles. The molecule has 2 aromatic rings. The molecular formula is C15H17NO2. The monoisotopic (exact) mass is 243 g/mol. The zero-order chi connectivity index (χ0) is 12.5. The van der Waals surface area contributed by atoms with Crippen LogP contribution in [0.25, 0.3) is 11.0 Å². The average molecular weight is 243 g/mol. The molecule has 0 radical (unpaired) electrons. The smallest absolute Gasteiger partial charge is 0.219 e. The van der Waals surface area contributed by atoms with Crippen LogP contribution in [-0.4, -0.2) is 12.5 Å². The average Bonchev–Trinajstić information content (AvgIpc) is 3.00. The van der Waals surface area contributed by atoms with E-state index in [0.717, 1.165) is 18.5 Å². The van der Waals surface area contributed by atoms with Crippen molar-refractivity contribution in [2.75, 3.05) is 6.54 Å². The first-order valence-electron chi connectivity index (χ1n) is 6.52. The lowest BCUT2D eigenvalue weighted by molar-refractivity contribution is -0.120. The molecule has 1 saturated carbocycles. The van der Waals surface area contributed by atoms with Crippen molar-refractivity contribution in [2.45, 2.75) is 25.7 Å². The fourth-order valence-corrected chi connectivity index (χ4v) is 2.56. The second kappa shape index (κ2) is 4.48. The Morgan fingerprint density at radius 2 is 2.33 bits per heavy atom. The quantitative estimate of drug-likeness (QED) is 0.896. The number of hydrogen-bond acceptors (Lipinski definition) is 2. The topological polar surface area (TPSA) is 42.2 Å². The van der Waals surface area contributed by atoms with Crippen molar-refractivity contribution in [2.24, 2.45) is 5.92 Å². The number of carbonyl (C=O) groups is 1. The number of rotatable bonds is 4. The van der Waals surface area contributed by atoms with E-state index in [-0.39, 0.29) is 5.91 Å². The molecule has 18 heavy (non-hydrogen) atoms. The first-order valence-corrected chi connectivity index (χ1v) is 6.52. The highest BCUT2D eigenvalue weighted by molar-refractivity contribution is 5.82. The first-order chi connectivity index (χ1) is 8.79. The Morgan fingerprint density at radius 3 is 3.17 bits per heavy atom. The highest BCUT2D eigenvalue weighted by Crippen LogP contribution is 2.49. The number of furan rings is 1. The van der Waals surface area contributed by atoms with E-state index in [0.29, 0.717) is 18.3 Å². The van der Waals surface area contributed by atoms with Crippen LogP contribution in [0.15, 0.2) is 34.9 Å². The molecule has 94 valence electrons. The number of fused-ring (bicyclic) bond motifs is 1. The van der Waals surface area contributed by atoms with Crippen molar-refractivity contribution in [3.63, 3.8) is 0 Å². The summed E-state index contributed by atoms with van der Waals surface area (Å²) in [6.07, 6.45) is 3.47. The van der Waals surface area contributed by atoms with Crippen molar-refractivity contribution in [1.82, 2.24) is 5.32 Å². The van der Waals surface area contributed by atoms with Gasteiger partial charge in [-0.05, 0) is 36.0 Å². The van der Waals surface area contributed by atoms with Crippen molar-refractivity contribution in [3.8, 4) is 0 Å². The largest absolute Gasteiger partial charge is 0.464 e. The molecule has 1 N–H and O–H groups in total. The Morgan fingerprint density at radius 1 is 1.44 bits per heavy atom. The summed E-state index contributed by atoms with van der Waals surface area (Å²) >= 11 is 0. The maximum atomic E-state index is 11.2. The van der Waals surface area contributed by atoms with E-state index in [2.05, 4.69) is 11.4 Å². The van der Waals surface area contributed by atoms with Gasteiger partial charge in [0.15, 0.2) is 0 Å². The minimum Gasteiger partial charge on any atom is -0.464 e. The Labute approximate surface area is 106 Å². The van der Waals surface area contributed by atoms with E-state index in [1.165, 1.54) is 10.9 Å². The van der Waals surface area contributed by atoms with Crippen molar-refractivity contribution in [1.29, 1.82) is 0 Å². The molecule has 1 aliphatic carbocycles. The van der Waals surface area contributed by atoms with E-state index in [1.54, 1.807) is 6.26 Å². The predicted octanol–water partition coefficient (Wildman–Crippen LogP) is 3.06. The third kappa shape index (κ3) is 2.01. The van der Waals surface area contributed by atoms with Gasteiger partial charge in [-0.3, -0.25) is 4.79 Å². The first kappa shape index (κ1) is 11.3. The highest BCUT2D eigenvalue weighted by Gasteiger charge is 2.39. The summed E-state index contributed by atoms with van der Waals surface area (Å²) in [6, 6.07) is 8.24. The Hall–Kier alpha value is -1.77. The van der Waals surface area contributed by atoms with Gasteiger partial charge in [0.05, 0.1) is 6.26 Å². The lowest BCUT2D eigenvalue weighted by Crippen LogP contribution is -2.24. The van der Waals surface area contributed by atoms with Crippen LogP contribution >= 0.6 is 0 Å². The van der Waals surface area contributed by atoms with Crippen LogP contribution in [0.4, 0.5) is 0 Å². The van der Waals surface area contributed by atoms with Crippen LogP contribution in [0.3, 0.4) is 0 Å². The zero-order valence-corrected chi connectivity index (χ0v) is 10.5. The summed E-state index contributed by atoms with van der Waals surface area (Å²) in [5.74, 6) is 1.30. The van der Waals surface area contributed by atoms with E-state index < -0.39 is 0 Å². The third-order valence-corrected chi connectivity index (χ3v) is 3.73. The number of carbonyl (C=O) groups excluding carboxylic acids is 1. The van der Waals surface area contributed by atoms with Gasteiger partial charge in [0.2, 0.25) is 5.91 Å². The van der Waals surface area contributed by atoms with Gasteiger partial charge < -0.3 is 9.73 Å². The molecule has 2 atom stereocenters. The molecule has 3 rings (SSSR count). The third-order valence-electron chi connectivity index (χ3n) is 3.73. The Balaban J connectivity index is 1.70. The molecule has 1 fully saturated rings. The molecule has 1 aliphatic rings. The van der Waals surface area contributed by atoms with Crippen LogP contribution in [0.1, 0.15) is 31.2 Å². The lowest BCUT2D eigenvalue weighted by atomic mass is 10.0. The molecule has 0 bridgehead atoms. The number of amides is 1. The molecule has 0 spiro atoms. The minimum absolute atomic E-state index is 0.141. The normalized spacial score (nSPS) is 22.1. The van der Waals surface area contributed by atoms with Crippen LogP contribution in [0, 0.1) is 5.92 Å². The van der Waals surface area contributed by atoms with Crippen LogP contribution in [-0.2, 0) is 4.79 Å². The maximum Gasteiger partial charge on any atom is 0.219 e. The molecule has 3 nitrogen and oxygen atoms in total. The Bertz CT molecular complexity index is 573. The molecule has 1 aromatic carbocycles. The summed E-state index contributed by atoms with van der Waals surface area (Å²) in [6.45, 7) is 2.68. The summed E-state index contributed by atoms with van der Waals surface area (Å²) in [5.41, 5.74) is 2.31. The summed E-state index contributed by atoms with van der Waals surface area (Å²) < 4.78 is 5.42. The van der Waals surface area contributed by atoms with Gasteiger partial charge in [-0.2, -0.15) is 0 Å². The molecule has 3 heteroatoms. The zero-order valence-electron chi connectivity index (χ0n) is 10.5. The summed E-state index contributed by atoms with van der Waals surface area (Å²) in [7, 11) is 0. The standard InChI is InChI=1S/C15H17NO2/c1-2-15(17)16-9-10-8-13(10)11-4-3-5-14-12(11)6-7-18-14/h3-7,10,13H,2,8-9H2,1H3,(H,16,17). The highest BCUT2D eigenvalue weighted by atomic mass is 16.3. The molecule has 2 unspecified atom stereocenters. The van der Waals surface area contributed by atoms with Crippen molar-refractivity contribution >= 4 is 16.9 Å². The number of nitrogens with one attached hydrogen (secondary N) is 1. The van der Waals surface area contributed by atoms with Gasteiger partial charge in [0.1, 0.15) is 5.58 Å². The minimum atomic E-state index is 0.141. The molecule has 1 amide bonds. The van der Waals surface area contributed by atoms with Gasteiger partial charge in [0, 0.05) is 18.4 Å². The second-order valence-corrected chi connectivity index (χ2v) is 4.94. The summed E-state index contributed by atoms with van der Waals surface area (Å²) in [4.78, 5) is 11.2. The van der Waals surface area contributed by atoms with Gasteiger partial charge >= 0.3 is 0 Å². The molecule has 0 aliphatic heterocycles. The van der Waals surface area contributed by atoms with E-state index in [1.807, 2.05) is 25.1 Å². The van der Waals surface area contributed by atoms with Gasteiger partial charge in [-0.25, -0.2) is 0 Å². The lowest BCUT2D eigenvalue weighted by Gasteiger charge is -2.04. The predicted molar refractivity (Wildman–Crippen MR) is 70.4 cm³/mol. The SMILES string of the molecule is CCC(=O)NCC1CC1c1cccc2occc12. The molecular weight excluding hydrogens is 226 g/mol. The molecule has 1 aromatic heterocycles. The fourth-order valence-electron chi connectivity index (χ4n) is 2.56. The van der Waals surface area contributed by atoms with Gasteiger partial charge in [-0.15, -0.1) is 0 Å².